The van der Waals surface area contributed by atoms with Gasteiger partial charge in [0.05, 0.1) is 0 Å². The number of benzene rings is 1. The first-order chi connectivity index (χ1) is 9.46. The van der Waals surface area contributed by atoms with Gasteiger partial charge in [0.15, 0.2) is 0 Å². The molecule has 2 saturated carbocycles. The highest BCUT2D eigenvalue weighted by Gasteiger charge is 2.63. The number of aryl methyl sites for hydroxylation is 1. The van der Waals surface area contributed by atoms with E-state index in [0.29, 0.717) is 10.8 Å². The molecule has 0 heterocycles. The van der Waals surface area contributed by atoms with E-state index < -0.39 is 0 Å². The molecule has 1 aromatic carbocycles. The second-order valence-electron chi connectivity index (χ2n) is 7.37. The molecule has 0 amide bonds. The Hall–Kier alpha value is -0.780. The normalized spacial score (nSPS) is 38.5. The standard InChI is InChI=1S/C18H26.C2H6/c1-13-5-7-15(8-6-13)11-16-9-10-17(3)14(2)12-18(16,17)4;1-2/h5-8,14,16H,9-12H2,1-4H3;1-2H3/t14?,16?,17-,18-;/m0./s1. The van der Waals surface area contributed by atoms with Gasteiger partial charge in [0.2, 0.25) is 0 Å². The molecule has 0 saturated heterocycles. The highest BCUT2D eigenvalue weighted by Crippen LogP contribution is 2.71. The summed E-state index contributed by atoms with van der Waals surface area (Å²) >= 11 is 0. The number of hydrogen-bond donors (Lipinski definition) is 0. The Bertz CT molecular complexity index is 444. The lowest BCUT2D eigenvalue weighted by molar-refractivity contribution is -0.109. The lowest BCUT2D eigenvalue weighted by atomic mass is 9.45. The average molecular weight is 272 g/mol. The highest BCUT2D eigenvalue weighted by molar-refractivity contribution is 5.24. The zero-order chi connectivity index (χ0) is 15.0. The Balaban J connectivity index is 0.000000704. The van der Waals surface area contributed by atoms with E-state index >= 15 is 0 Å². The van der Waals surface area contributed by atoms with Crippen molar-refractivity contribution in [2.75, 3.05) is 0 Å². The maximum absolute atomic E-state index is 2.55. The van der Waals surface area contributed by atoms with Crippen LogP contribution in [0.1, 0.15) is 65.0 Å². The van der Waals surface area contributed by atoms with Gasteiger partial charge in [-0.1, -0.05) is 64.4 Å². The van der Waals surface area contributed by atoms with Crippen molar-refractivity contribution in [1.82, 2.24) is 0 Å². The predicted molar refractivity (Wildman–Crippen MR) is 89.0 cm³/mol. The minimum Gasteiger partial charge on any atom is -0.0683 e. The Morgan fingerprint density at radius 2 is 1.65 bits per heavy atom. The van der Waals surface area contributed by atoms with Crippen molar-refractivity contribution >= 4 is 0 Å². The molecule has 0 radical (unpaired) electrons. The van der Waals surface area contributed by atoms with Crippen molar-refractivity contribution in [2.24, 2.45) is 22.7 Å². The molecular weight excluding hydrogens is 240 g/mol. The van der Waals surface area contributed by atoms with Crippen LogP contribution in [0.25, 0.3) is 0 Å². The van der Waals surface area contributed by atoms with Gasteiger partial charge in [0.25, 0.3) is 0 Å². The molecule has 0 aliphatic heterocycles. The number of hydrogen-bond acceptors (Lipinski definition) is 0. The van der Waals surface area contributed by atoms with Crippen LogP contribution in [0.15, 0.2) is 24.3 Å². The molecule has 112 valence electrons. The quantitative estimate of drug-likeness (QED) is 0.617. The molecule has 2 unspecified atom stereocenters. The van der Waals surface area contributed by atoms with Crippen LogP contribution >= 0.6 is 0 Å². The Morgan fingerprint density at radius 1 is 1.05 bits per heavy atom. The second-order valence-corrected chi connectivity index (χ2v) is 7.37. The Kier molecular flexibility index (Phi) is 4.33. The molecule has 2 aliphatic rings. The molecule has 3 rings (SSSR count). The van der Waals surface area contributed by atoms with Crippen LogP contribution in [0, 0.1) is 29.6 Å². The minimum atomic E-state index is 0.608. The number of rotatable bonds is 2. The Morgan fingerprint density at radius 3 is 2.15 bits per heavy atom. The van der Waals surface area contributed by atoms with E-state index in [1.54, 1.807) is 0 Å². The summed E-state index contributed by atoms with van der Waals surface area (Å²) in [6.07, 6.45) is 5.62. The van der Waals surface area contributed by atoms with Crippen molar-refractivity contribution in [3.05, 3.63) is 35.4 Å². The summed E-state index contributed by atoms with van der Waals surface area (Å²) in [5.41, 5.74) is 4.15. The summed E-state index contributed by atoms with van der Waals surface area (Å²) in [6.45, 7) is 13.7. The van der Waals surface area contributed by atoms with Crippen LogP contribution in [0.3, 0.4) is 0 Å². The van der Waals surface area contributed by atoms with Crippen molar-refractivity contribution < 1.29 is 0 Å². The summed E-state index contributed by atoms with van der Waals surface area (Å²) in [4.78, 5) is 0. The van der Waals surface area contributed by atoms with E-state index in [4.69, 9.17) is 0 Å². The van der Waals surface area contributed by atoms with E-state index in [2.05, 4.69) is 52.0 Å². The van der Waals surface area contributed by atoms with E-state index in [1.165, 1.54) is 36.8 Å². The van der Waals surface area contributed by atoms with Crippen LogP contribution in [-0.4, -0.2) is 0 Å². The third kappa shape index (κ3) is 2.22. The Labute approximate surface area is 126 Å². The van der Waals surface area contributed by atoms with Gasteiger partial charge >= 0.3 is 0 Å². The third-order valence-corrected chi connectivity index (χ3v) is 6.64. The fourth-order valence-corrected chi connectivity index (χ4v) is 4.82. The SMILES string of the molecule is CC.Cc1ccc(CC2CC[C@@]3(C)C(C)C[C@@]23C)cc1. The van der Waals surface area contributed by atoms with Gasteiger partial charge in [-0.25, -0.2) is 0 Å². The van der Waals surface area contributed by atoms with E-state index in [9.17, 15) is 0 Å². The molecule has 0 bridgehead atoms. The molecule has 0 aromatic heterocycles. The smallest absolute Gasteiger partial charge is 0.0235 e. The average Bonchev–Trinajstić information content (AvgIpc) is 2.65. The molecule has 4 atom stereocenters. The van der Waals surface area contributed by atoms with Crippen molar-refractivity contribution in [2.45, 2.75) is 67.2 Å². The van der Waals surface area contributed by atoms with Crippen LogP contribution in [0.4, 0.5) is 0 Å². The topological polar surface area (TPSA) is 0 Å². The molecule has 0 heteroatoms. The first-order valence-corrected chi connectivity index (χ1v) is 8.51. The van der Waals surface area contributed by atoms with Gasteiger partial charge in [-0.05, 0) is 60.8 Å². The van der Waals surface area contributed by atoms with Crippen LogP contribution < -0.4 is 0 Å². The van der Waals surface area contributed by atoms with E-state index in [1.807, 2.05) is 13.8 Å². The third-order valence-electron chi connectivity index (χ3n) is 6.64. The van der Waals surface area contributed by atoms with Gasteiger partial charge in [-0.2, -0.15) is 0 Å². The van der Waals surface area contributed by atoms with Gasteiger partial charge in [0, 0.05) is 0 Å². The molecule has 2 fully saturated rings. The zero-order valence-electron chi connectivity index (χ0n) is 14.3. The van der Waals surface area contributed by atoms with E-state index in [-0.39, 0.29) is 0 Å². The molecular formula is C20H32. The van der Waals surface area contributed by atoms with Gasteiger partial charge < -0.3 is 0 Å². The monoisotopic (exact) mass is 272 g/mol. The molecule has 1 aromatic rings. The maximum Gasteiger partial charge on any atom is -0.0235 e. The molecule has 20 heavy (non-hydrogen) atoms. The predicted octanol–water partition coefficient (Wildman–Crippen LogP) is 6.03. The highest BCUT2D eigenvalue weighted by atomic mass is 14.7. The molecule has 0 spiro atoms. The summed E-state index contributed by atoms with van der Waals surface area (Å²) in [7, 11) is 0. The summed E-state index contributed by atoms with van der Waals surface area (Å²) in [5, 5.41) is 0. The van der Waals surface area contributed by atoms with Gasteiger partial charge in [-0.3, -0.25) is 0 Å². The summed E-state index contributed by atoms with van der Waals surface area (Å²) in [6, 6.07) is 9.18. The maximum atomic E-state index is 2.55. The lowest BCUT2D eigenvalue weighted by Crippen LogP contribution is -2.53. The first-order valence-electron chi connectivity index (χ1n) is 8.51. The summed E-state index contributed by atoms with van der Waals surface area (Å²) < 4.78 is 0. The minimum absolute atomic E-state index is 0.608. The fourth-order valence-electron chi connectivity index (χ4n) is 4.82. The van der Waals surface area contributed by atoms with Crippen LogP contribution in [0.5, 0.6) is 0 Å². The van der Waals surface area contributed by atoms with Crippen LogP contribution in [-0.2, 0) is 6.42 Å². The largest absolute Gasteiger partial charge is 0.0683 e. The molecule has 0 nitrogen and oxygen atoms in total. The van der Waals surface area contributed by atoms with Gasteiger partial charge in [-0.15, -0.1) is 0 Å². The molecule has 2 aliphatic carbocycles. The van der Waals surface area contributed by atoms with Crippen molar-refractivity contribution in [1.29, 1.82) is 0 Å². The summed E-state index contributed by atoms with van der Waals surface area (Å²) in [5.74, 6) is 1.84. The molecule has 0 N–H and O–H groups in total. The lowest BCUT2D eigenvalue weighted by Gasteiger charge is -2.60. The van der Waals surface area contributed by atoms with Gasteiger partial charge in [0.1, 0.15) is 0 Å². The van der Waals surface area contributed by atoms with Crippen LogP contribution in [0.2, 0.25) is 0 Å². The first kappa shape index (κ1) is 15.6. The fraction of sp³-hybridized carbons (Fsp3) is 0.700. The van der Waals surface area contributed by atoms with Crippen molar-refractivity contribution in [3.63, 3.8) is 0 Å². The van der Waals surface area contributed by atoms with E-state index in [0.717, 1.165) is 11.8 Å². The zero-order valence-corrected chi connectivity index (χ0v) is 14.3. The second kappa shape index (κ2) is 5.54. The number of fused-ring (bicyclic) bond motifs is 1. The van der Waals surface area contributed by atoms with Crippen molar-refractivity contribution in [3.8, 4) is 0 Å².